The average Bonchev–Trinajstić information content (AvgIpc) is 1.94. The van der Waals surface area contributed by atoms with Crippen LogP contribution in [0.25, 0.3) is 0 Å². The second kappa shape index (κ2) is 4.77. The van der Waals surface area contributed by atoms with Crippen molar-refractivity contribution in [3.8, 4) is 0 Å². The summed E-state index contributed by atoms with van der Waals surface area (Å²) < 4.78 is 0. The van der Waals surface area contributed by atoms with Crippen LogP contribution in [0.1, 0.15) is 39.5 Å². The summed E-state index contributed by atoms with van der Waals surface area (Å²) in [5.41, 5.74) is 0. The summed E-state index contributed by atoms with van der Waals surface area (Å²) in [5, 5.41) is 0. The molecule has 0 atom stereocenters. The van der Waals surface area contributed by atoms with E-state index in [0.717, 1.165) is 5.92 Å². The standard InChI is InChI=1S/C10H21PS/c1-10(2)6-3-4-7-11(12)8-5-9-11/h10H,3-9H2,1-2H3. The lowest BCUT2D eigenvalue weighted by atomic mass is 10.1. The zero-order valence-electron chi connectivity index (χ0n) is 8.38. The van der Waals surface area contributed by atoms with Gasteiger partial charge in [-0.1, -0.05) is 38.5 Å². The van der Waals surface area contributed by atoms with Crippen molar-refractivity contribution >= 4 is 17.8 Å². The van der Waals surface area contributed by atoms with Crippen molar-refractivity contribution in [1.82, 2.24) is 0 Å². The van der Waals surface area contributed by atoms with Gasteiger partial charge in [0, 0.05) is 0 Å². The van der Waals surface area contributed by atoms with E-state index in [0.29, 0.717) is 0 Å². The van der Waals surface area contributed by atoms with Gasteiger partial charge >= 0.3 is 0 Å². The van der Waals surface area contributed by atoms with Gasteiger partial charge in [-0.05, 0) is 43.3 Å². The maximum absolute atomic E-state index is 5.62. The van der Waals surface area contributed by atoms with Gasteiger partial charge in [-0.2, -0.15) is 0 Å². The fourth-order valence-corrected chi connectivity index (χ4v) is 5.12. The third kappa shape index (κ3) is 3.58. The molecular weight excluding hydrogens is 183 g/mol. The topological polar surface area (TPSA) is 0 Å². The molecule has 0 saturated carbocycles. The summed E-state index contributed by atoms with van der Waals surface area (Å²) >= 11 is 5.62. The van der Waals surface area contributed by atoms with Crippen molar-refractivity contribution < 1.29 is 0 Å². The summed E-state index contributed by atoms with van der Waals surface area (Å²) in [6.07, 6.45) is 9.91. The third-order valence-electron chi connectivity index (χ3n) is 2.73. The Bertz CT molecular complexity index is 167. The Morgan fingerprint density at radius 1 is 1.25 bits per heavy atom. The van der Waals surface area contributed by atoms with Gasteiger partial charge in [0.2, 0.25) is 0 Å². The molecule has 0 bridgehead atoms. The van der Waals surface area contributed by atoms with Gasteiger partial charge in [-0.3, -0.25) is 0 Å². The molecule has 1 saturated heterocycles. The lowest BCUT2D eigenvalue weighted by molar-refractivity contribution is 0.550. The molecule has 0 unspecified atom stereocenters. The molecule has 72 valence electrons. The highest BCUT2D eigenvalue weighted by atomic mass is 32.4. The lowest BCUT2D eigenvalue weighted by Gasteiger charge is -2.30. The van der Waals surface area contributed by atoms with Crippen LogP contribution in [-0.2, 0) is 11.8 Å². The fraction of sp³-hybridized carbons (Fsp3) is 1.00. The van der Waals surface area contributed by atoms with E-state index < -0.39 is 6.04 Å². The molecular formula is C10H21PS. The molecule has 1 rings (SSSR count). The average molecular weight is 204 g/mol. The maximum Gasteiger partial charge on any atom is -0.0231 e. The van der Waals surface area contributed by atoms with Crippen LogP contribution in [0, 0.1) is 5.92 Å². The monoisotopic (exact) mass is 204 g/mol. The molecule has 0 aliphatic carbocycles. The van der Waals surface area contributed by atoms with Gasteiger partial charge in [-0.25, -0.2) is 0 Å². The summed E-state index contributed by atoms with van der Waals surface area (Å²) in [5.74, 6) is 0.880. The predicted molar refractivity (Wildman–Crippen MR) is 62.2 cm³/mol. The summed E-state index contributed by atoms with van der Waals surface area (Å²) in [6, 6.07) is -0.719. The van der Waals surface area contributed by atoms with E-state index in [1.165, 1.54) is 44.2 Å². The number of hydrogen-bond acceptors (Lipinski definition) is 1. The van der Waals surface area contributed by atoms with Crippen molar-refractivity contribution in [1.29, 1.82) is 0 Å². The molecule has 1 fully saturated rings. The molecule has 1 heterocycles. The molecule has 0 aromatic rings. The van der Waals surface area contributed by atoms with Crippen LogP contribution in [0.2, 0.25) is 0 Å². The first-order chi connectivity index (χ1) is 5.62. The highest BCUT2D eigenvalue weighted by molar-refractivity contribution is 8.15. The van der Waals surface area contributed by atoms with Crippen LogP contribution in [-0.4, -0.2) is 18.5 Å². The van der Waals surface area contributed by atoms with Crippen molar-refractivity contribution in [3.05, 3.63) is 0 Å². The van der Waals surface area contributed by atoms with E-state index >= 15 is 0 Å². The zero-order valence-corrected chi connectivity index (χ0v) is 10.1. The second-order valence-electron chi connectivity index (χ2n) is 4.47. The smallest absolute Gasteiger partial charge is 0.0231 e. The van der Waals surface area contributed by atoms with Crippen molar-refractivity contribution in [2.24, 2.45) is 5.92 Å². The van der Waals surface area contributed by atoms with Crippen molar-refractivity contribution in [2.45, 2.75) is 39.5 Å². The van der Waals surface area contributed by atoms with Gasteiger partial charge in [0.25, 0.3) is 0 Å². The second-order valence-corrected chi connectivity index (χ2v) is 10.3. The van der Waals surface area contributed by atoms with Gasteiger partial charge in [0.05, 0.1) is 0 Å². The summed E-state index contributed by atoms with van der Waals surface area (Å²) in [6.45, 7) is 4.61. The minimum Gasteiger partial charge on any atom is -0.0975 e. The molecule has 2 heteroatoms. The molecule has 0 spiro atoms. The first kappa shape index (κ1) is 10.7. The van der Waals surface area contributed by atoms with Crippen LogP contribution < -0.4 is 0 Å². The molecule has 1 aliphatic heterocycles. The quantitative estimate of drug-likeness (QED) is 0.486. The van der Waals surface area contributed by atoms with Gasteiger partial charge < -0.3 is 0 Å². The molecule has 0 N–H and O–H groups in total. The molecule has 1 aliphatic rings. The summed E-state index contributed by atoms with van der Waals surface area (Å²) in [7, 11) is 0. The third-order valence-corrected chi connectivity index (χ3v) is 7.77. The van der Waals surface area contributed by atoms with E-state index in [4.69, 9.17) is 11.8 Å². The SMILES string of the molecule is CC(C)CCCCP1(=S)CCC1. The maximum atomic E-state index is 5.62. The summed E-state index contributed by atoms with van der Waals surface area (Å²) in [4.78, 5) is 0. The Hall–Kier alpha value is 0.650. The Labute approximate surface area is 82.1 Å². The highest BCUT2D eigenvalue weighted by Gasteiger charge is 2.23. The van der Waals surface area contributed by atoms with Crippen LogP contribution in [0.4, 0.5) is 0 Å². The van der Waals surface area contributed by atoms with Crippen LogP contribution in [0.3, 0.4) is 0 Å². The van der Waals surface area contributed by atoms with Crippen LogP contribution in [0.15, 0.2) is 0 Å². The molecule has 0 aromatic carbocycles. The molecule has 0 aromatic heterocycles. The molecule has 0 radical (unpaired) electrons. The normalized spacial score (nSPS) is 20.9. The first-order valence-corrected chi connectivity index (χ1v) is 8.55. The number of rotatable bonds is 5. The fourth-order valence-electron chi connectivity index (χ4n) is 1.69. The predicted octanol–water partition coefficient (Wildman–Crippen LogP) is 3.70. The minimum atomic E-state index is -0.719. The lowest BCUT2D eigenvalue weighted by Crippen LogP contribution is -2.11. The zero-order chi connectivity index (χ0) is 9.03. The number of hydrogen-bond donors (Lipinski definition) is 0. The van der Waals surface area contributed by atoms with Gasteiger partial charge in [-0.15, -0.1) is 0 Å². The Morgan fingerprint density at radius 3 is 2.33 bits per heavy atom. The Kier molecular flexibility index (Phi) is 4.26. The van der Waals surface area contributed by atoms with Crippen LogP contribution >= 0.6 is 6.04 Å². The number of unbranched alkanes of at least 4 members (excludes halogenated alkanes) is 1. The Balaban J connectivity index is 1.99. The largest absolute Gasteiger partial charge is 0.0975 e. The highest BCUT2D eigenvalue weighted by Crippen LogP contribution is 2.55. The van der Waals surface area contributed by atoms with Gasteiger partial charge in [0.1, 0.15) is 0 Å². The van der Waals surface area contributed by atoms with Crippen molar-refractivity contribution in [3.63, 3.8) is 0 Å². The molecule has 0 nitrogen and oxygen atoms in total. The molecule has 12 heavy (non-hydrogen) atoms. The Morgan fingerprint density at radius 2 is 1.92 bits per heavy atom. The van der Waals surface area contributed by atoms with Gasteiger partial charge in [0.15, 0.2) is 0 Å². The van der Waals surface area contributed by atoms with E-state index in [1.54, 1.807) is 0 Å². The molecule has 0 amide bonds. The van der Waals surface area contributed by atoms with E-state index in [-0.39, 0.29) is 0 Å². The first-order valence-electron chi connectivity index (χ1n) is 5.19. The van der Waals surface area contributed by atoms with E-state index in [1.807, 2.05) is 0 Å². The minimum absolute atomic E-state index is 0.719. The van der Waals surface area contributed by atoms with E-state index in [2.05, 4.69) is 13.8 Å². The van der Waals surface area contributed by atoms with Crippen molar-refractivity contribution in [2.75, 3.05) is 18.5 Å². The van der Waals surface area contributed by atoms with Crippen LogP contribution in [0.5, 0.6) is 0 Å². The van der Waals surface area contributed by atoms with E-state index in [9.17, 15) is 0 Å².